The molecule has 0 fully saturated rings. The van der Waals surface area contributed by atoms with Crippen LogP contribution in [0.1, 0.15) is 71.1 Å². The number of hydrogen-bond acceptors (Lipinski definition) is 5. The lowest BCUT2D eigenvalue weighted by molar-refractivity contribution is -0.433. The van der Waals surface area contributed by atoms with E-state index in [4.69, 9.17) is 0 Å². The molecule has 2 heterocycles. The van der Waals surface area contributed by atoms with Crippen molar-refractivity contribution in [3.05, 3.63) is 149 Å². The molecule has 0 unspecified atom stereocenters. The Kier molecular flexibility index (Phi) is 9.35. The highest BCUT2D eigenvalue weighted by molar-refractivity contribution is 7.86. The van der Waals surface area contributed by atoms with Gasteiger partial charge in [-0.3, -0.25) is 9.11 Å². The van der Waals surface area contributed by atoms with Gasteiger partial charge in [-0.25, -0.2) is 0 Å². The molecule has 1 aliphatic carbocycles. The molecular weight excluding hydrogens is 753 g/mol. The second-order valence-electron chi connectivity index (χ2n) is 16.1. The van der Waals surface area contributed by atoms with Crippen LogP contribution in [0.5, 0.6) is 0 Å². The van der Waals surface area contributed by atoms with Gasteiger partial charge in [0.1, 0.15) is 6.54 Å². The zero-order valence-electron chi connectivity index (χ0n) is 33.0. The normalized spacial score (nSPS) is 19.3. The smallest absolute Gasteiger partial charge is 0.294 e. The van der Waals surface area contributed by atoms with Crippen molar-refractivity contribution in [3.63, 3.8) is 0 Å². The lowest BCUT2D eigenvalue weighted by atomic mass is 9.79. The third-order valence-electron chi connectivity index (χ3n) is 12.1. The van der Waals surface area contributed by atoms with Gasteiger partial charge >= 0.3 is 0 Å². The maximum Gasteiger partial charge on any atom is 0.294 e. The molecule has 0 aromatic heterocycles. The van der Waals surface area contributed by atoms with E-state index in [1.54, 1.807) is 12.1 Å². The summed E-state index contributed by atoms with van der Waals surface area (Å²) < 4.78 is 69.5. The summed E-state index contributed by atoms with van der Waals surface area (Å²) in [6.07, 6.45) is 10.8. The van der Waals surface area contributed by atoms with E-state index in [2.05, 4.69) is 112 Å². The van der Waals surface area contributed by atoms with Crippen LogP contribution in [0, 0.1) is 0 Å². The first-order valence-corrected chi connectivity index (χ1v) is 22.2. The van der Waals surface area contributed by atoms with Crippen LogP contribution in [-0.4, -0.2) is 49.3 Å². The van der Waals surface area contributed by atoms with Crippen molar-refractivity contribution in [3.8, 4) is 0 Å². The topological polar surface area (TPSA) is 115 Å². The Hall–Kier alpha value is -5.13. The fourth-order valence-electron chi connectivity index (χ4n) is 9.54. The summed E-state index contributed by atoms with van der Waals surface area (Å²) in [5.41, 5.74) is 10.9. The van der Waals surface area contributed by atoms with Crippen LogP contribution in [0.2, 0.25) is 0 Å². The number of allylic oxidation sites excluding steroid dienone is 8. The van der Waals surface area contributed by atoms with Crippen molar-refractivity contribution in [2.75, 3.05) is 18.0 Å². The summed E-state index contributed by atoms with van der Waals surface area (Å²) >= 11 is 0. The van der Waals surface area contributed by atoms with Crippen molar-refractivity contribution in [1.82, 2.24) is 0 Å². The largest absolute Gasteiger partial charge is 0.344 e. The molecule has 0 atom stereocenters. The number of benzene rings is 5. The van der Waals surface area contributed by atoms with Gasteiger partial charge in [-0.2, -0.15) is 21.4 Å². The summed E-state index contributed by atoms with van der Waals surface area (Å²) in [7, 11) is -8.65. The van der Waals surface area contributed by atoms with Crippen LogP contribution < -0.4 is 4.90 Å². The molecule has 0 radical (unpaired) electrons. The molecule has 292 valence electrons. The van der Waals surface area contributed by atoms with E-state index in [9.17, 15) is 25.9 Å². The number of rotatable bonds is 8. The summed E-state index contributed by atoms with van der Waals surface area (Å²) in [5.74, 6) is 0. The Morgan fingerprint density at radius 2 is 1.32 bits per heavy atom. The molecule has 5 aromatic rings. The quantitative estimate of drug-likeness (QED) is 0.119. The van der Waals surface area contributed by atoms with Gasteiger partial charge in [-0.05, 0) is 132 Å². The van der Waals surface area contributed by atoms with Gasteiger partial charge in [-0.15, -0.1) is 0 Å². The molecule has 3 aliphatic rings. The molecule has 0 bridgehead atoms. The van der Waals surface area contributed by atoms with Crippen molar-refractivity contribution < 1.29 is 30.5 Å². The average Bonchev–Trinajstić information content (AvgIpc) is 3.75. The first-order chi connectivity index (χ1) is 27.0. The van der Waals surface area contributed by atoms with E-state index in [0.717, 1.165) is 86.9 Å². The predicted molar refractivity (Wildman–Crippen MR) is 230 cm³/mol. The van der Waals surface area contributed by atoms with Crippen LogP contribution in [0.4, 0.5) is 11.4 Å². The molecule has 8 nitrogen and oxygen atoms in total. The van der Waals surface area contributed by atoms with Crippen LogP contribution in [0.25, 0.3) is 27.1 Å². The number of hydrogen-bond donors (Lipinski definition) is 2. The fourth-order valence-corrected chi connectivity index (χ4v) is 10.6. The number of nitrogens with zero attached hydrogens (tertiary/aromatic N) is 2. The van der Waals surface area contributed by atoms with E-state index in [1.807, 2.05) is 30.3 Å². The molecule has 10 heteroatoms. The summed E-state index contributed by atoms with van der Waals surface area (Å²) in [5, 5.41) is 3.45. The Labute approximate surface area is 335 Å². The van der Waals surface area contributed by atoms with Gasteiger partial charge in [0.05, 0.1) is 15.2 Å². The highest BCUT2D eigenvalue weighted by Crippen LogP contribution is 2.51. The third kappa shape index (κ3) is 6.39. The Morgan fingerprint density at radius 1 is 0.702 bits per heavy atom. The zero-order valence-corrected chi connectivity index (χ0v) is 34.7. The first-order valence-electron chi connectivity index (χ1n) is 19.4. The van der Waals surface area contributed by atoms with Gasteiger partial charge in [0.25, 0.3) is 20.2 Å². The number of anilines is 1. The molecule has 0 amide bonds. The van der Waals surface area contributed by atoms with Crippen molar-refractivity contribution in [1.29, 1.82) is 0 Å². The molecule has 0 saturated carbocycles. The minimum atomic E-state index is -4.33. The molecular formula is C47H47N2O6S2+. The van der Waals surface area contributed by atoms with E-state index < -0.39 is 20.2 Å². The van der Waals surface area contributed by atoms with Crippen molar-refractivity contribution in [2.24, 2.45) is 0 Å². The Morgan fingerprint density at radius 3 is 1.91 bits per heavy atom. The predicted octanol–water partition coefficient (Wildman–Crippen LogP) is 10.3. The third-order valence-corrected chi connectivity index (χ3v) is 13.8. The maximum atomic E-state index is 11.9. The van der Waals surface area contributed by atoms with Crippen LogP contribution in [-0.2, 0) is 31.1 Å². The van der Waals surface area contributed by atoms with Gasteiger partial charge in [-0.1, -0.05) is 74.5 Å². The van der Waals surface area contributed by atoms with E-state index in [0.29, 0.717) is 0 Å². The minimum absolute atomic E-state index is 0.114. The summed E-state index contributed by atoms with van der Waals surface area (Å²) in [6, 6.07) is 28.2. The molecule has 0 spiro atoms. The number of fused-ring (bicyclic) bond motifs is 6. The standard InChI is InChI=1S/C47H46N2O6S2/c1-7-48-39-24-16-33-28-35(56(50,51)52)20-22-37(33)44(39)46(3,4)41(48)26-18-31-14-15-32(43(31)30-12-10-9-11-13-30)19-27-42-47(5,6)45-38-23-21-36(57(53,54)55)29-34(38)17-25-40(45)49(42)8-2/h9-13,16-29H,7-8,14-15H2,1-6H3,(H-,50,51,52,53,54,55)/p+1. The van der Waals surface area contributed by atoms with Crippen LogP contribution >= 0.6 is 0 Å². The average molecular weight is 800 g/mol. The van der Waals surface area contributed by atoms with Crippen molar-refractivity contribution in [2.45, 2.75) is 75.0 Å². The van der Waals surface area contributed by atoms with E-state index in [1.165, 1.54) is 28.9 Å². The van der Waals surface area contributed by atoms with E-state index >= 15 is 0 Å². The van der Waals surface area contributed by atoms with Crippen LogP contribution in [0.3, 0.4) is 0 Å². The molecule has 0 saturated heterocycles. The molecule has 5 aromatic carbocycles. The van der Waals surface area contributed by atoms with Crippen molar-refractivity contribution >= 4 is 64.4 Å². The Balaban J connectivity index is 1.20. The highest BCUT2D eigenvalue weighted by Gasteiger charge is 2.45. The SMILES string of the molecule is CCN1/C(=C/C=C2\CCC(/C=C/C3=[N+](CC)c4ccc5cc(S(=O)(=O)O)ccc5c4C3(C)C)=C2c2ccccc2)C(C)(C)c2c1ccc1cc(S(=O)(=O)O)ccc21. The molecule has 2 aliphatic heterocycles. The lowest BCUT2D eigenvalue weighted by Crippen LogP contribution is -2.27. The van der Waals surface area contributed by atoms with Gasteiger partial charge in [0.2, 0.25) is 5.69 Å². The summed E-state index contributed by atoms with van der Waals surface area (Å²) in [4.78, 5) is 2.11. The molecule has 57 heavy (non-hydrogen) atoms. The fraction of sp³-hybridized carbons (Fsp3) is 0.255. The summed E-state index contributed by atoms with van der Waals surface area (Å²) in [6.45, 7) is 14.7. The van der Waals surface area contributed by atoms with Crippen LogP contribution in [0.15, 0.2) is 142 Å². The van der Waals surface area contributed by atoms with E-state index in [-0.39, 0.29) is 20.6 Å². The number of likely N-dealkylation sites (N-methyl/N-ethyl adjacent to an activating group) is 1. The van der Waals surface area contributed by atoms with Gasteiger partial charge in [0, 0.05) is 41.1 Å². The molecule has 2 N–H and O–H groups in total. The second kappa shape index (κ2) is 13.8. The first kappa shape index (κ1) is 38.7. The van der Waals surface area contributed by atoms with Gasteiger partial charge < -0.3 is 4.90 Å². The molecule has 8 rings (SSSR count). The second-order valence-corrected chi connectivity index (χ2v) is 18.9. The maximum absolute atomic E-state index is 11.9. The Bertz CT molecular complexity index is 2920. The lowest BCUT2D eigenvalue weighted by Gasteiger charge is -2.26. The monoisotopic (exact) mass is 799 g/mol. The minimum Gasteiger partial charge on any atom is -0.344 e. The highest BCUT2D eigenvalue weighted by atomic mass is 32.2. The van der Waals surface area contributed by atoms with Gasteiger partial charge in [0.15, 0.2) is 5.71 Å². The zero-order chi connectivity index (χ0) is 40.7.